The van der Waals surface area contributed by atoms with Crippen molar-refractivity contribution < 1.29 is 4.74 Å². The van der Waals surface area contributed by atoms with Crippen molar-refractivity contribution in [2.75, 3.05) is 32.8 Å². The molecule has 0 spiro atoms. The number of ether oxygens (including phenoxy) is 1. The van der Waals surface area contributed by atoms with Gasteiger partial charge in [-0.25, -0.2) is 0 Å². The normalized spacial score (nSPS) is 24.5. The molecule has 1 saturated heterocycles. The van der Waals surface area contributed by atoms with E-state index in [0.717, 1.165) is 32.0 Å². The Kier molecular flexibility index (Phi) is 7.82. The lowest BCUT2D eigenvalue weighted by Crippen LogP contribution is -2.32. The summed E-state index contributed by atoms with van der Waals surface area (Å²) in [7, 11) is 0. The number of nitrogens with zero attached hydrogens (tertiary/aromatic N) is 1. The van der Waals surface area contributed by atoms with Crippen LogP contribution in [-0.4, -0.2) is 43.8 Å². The molecule has 2 atom stereocenters. The standard InChI is InChI=1S/C14H30N2O/c1-3-14-12-16(10-5-11-17-14)9-4-6-13(2)7-8-15/h13-14H,3-12,15H2,1-2H3. The molecule has 102 valence electrons. The molecule has 0 aromatic rings. The fraction of sp³-hybridized carbons (Fsp3) is 1.00. The molecule has 1 aliphatic rings. The van der Waals surface area contributed by atoms with Crippen LogP contribution in [0.15, 0.2) is 0 Å². The van der Waals surface area contributed by atoms with Crippen LogP contribution in [0.2, 0.25) is 0 Å². The Morgan fingerprint density at radius 1 is 1.41 bits per heavy atom. The van der Waals surface area contributed by atoms with E-state index in [2.05, 4.69) is 18.7 Å². The van der Waals surface area contributed by atoms with Gasteiger partial charge in [0.15, 0.2) is 0 Å². The van der Waals surface area contributed by atoms with Crippen molar-refractivity contribution in [2.24, 2.45) is 11.7 Å². The van der Waals surface area contributed by atoms with Crippen LogP contribution in [0.5, 0.6) is 0 Å². The minimum atomic E-state index is 0.457. The fourth-order valence-corrected chi connectivity index (χ4v) is 2.51. The second-order valence-corrected chi connectivity index (χ2v) is 5.38. The van der Waals surface area contributed by atoms with Crippen LogP contribution in [0.1, 0.15) is 46.0 Å². The lowest BCUT2D eigenvalue weighted by atomic mass is 10.0. The summed E-state index contributed by atoms with van der Waals surface area (Å²) in [5, 5.41) is 0. The van der Waals surface area contributed by atoms with Gasteiger partial charge >= 0.3 is 0 Å². The van der Waals surface area contributed by atoms with Gasteiger partial charge in [-0.2, -0.15) is 0 Å². The van der Waals surface area contributed by atoms with E-state index in [4.69, 9.17) is 10.5 Å². The van der Waals surface area contributed by atoms with Gasteiger partial charge in [0.2, 0.25) is 0 Å². The maximum Gasteiger partial charge on any atom is 0.0699 e. The molecule has 0 aromatic carbocycles. The van der Waals surface area contributed by atoms with Crippen LogP contribution in [0.4, 0.5) is 0 Å². The second-order valence-electron chi connectivity index (χ2n) is 5.38. The molecule has 3 heteroatoms. The van der Waals surface area contributed by atoms with Gasteiger partial charge in [0.05, 0.1) is 6.10 Å². The summed E-state index contributed by atoms with van der Waals surface area (Å²) in [6.07, 6.45) is 6.57. The Morgan fingerprint density at radius 2 is 2.24 bits per heavy atom. The summed E-state index contributed by atoms with van der Waals surface area (Å²) in [6, 6.07) is 0. The Morgan fingerprint density at radius 3 is 2.94 bits per heavy atom. The van der Waals surface area contributed by atoms with Crippen molar-refractivity contribution in [1.29, 1.82) is 0 Å². The smallest absolute Gasteiger partial charge is 0.0699 e. The topological polar surface area (TPSA) is 38.5 Å². The molecule has 0 aliphatic carbocycles. The largest absolute Gasteiger partial charge is 0.377 e. The predicted molar refractivity (Wildman–Crippen MR) is 73.2 cm³/mol. The van der Waals surface area contributed by atoms with E-state index < -0.39 is 0 Å². The van der Waals surface area contributed by atoms with Gasteiger partial charge in [-0.3, -0.25) is 0 Å². The lowest BCUT2D eigenvalue weighted by molar-refractivity contribution is 0.0516. The van der Waals surface area contributed by atoms with Crippen LogP contribution in [0, 0.1) is 5.92 Å². The fourth-order valence-electron chi connectivity index (χ4n) is 2.51. The van der Waals surface area contributed by atoms with Crippen molar-refractivity contribution in [3.05, 3.63) is 0 Å². The van der Waals surface area contributed by atoms with Crippen molar-refractivity contribution >= 4 is 0 Å². The van der Waals surface area contributed by atoms with Crippen molar-refractivity contribution in [3.8, 4) is 0 Å². The Balaban J connectivity index is 2.16. The van der Waals surface area contributed by atoms with Gasteiger partial charge in [0.1, 0.15) is 0 Å². The number of hydrogen-bond donors (Lipinski definition) is 1. The average molecular weight is 242 g/mol. The van der Waals surface area contributed by atoms with E-state index >= 15 is 0 Å². The van der Waals surface area contributed by atoms with Gasteiger partial charge in [-0.1, -0.05) is 13.8 Å². The van der Waals surface area contributed by atoms with E-state index in [-0.39, 0.29) is 0 Å². The predicted octanol–water partition coefficient (Wildman–Crippen LogP) is 2.25. The molecule has 2 unspecified atom stereocenters. The maximum atomic E-state index is 5.79. The highest BCUT2D eigenvalue weighted by Crippen LogP contribution is 2.13. The summed E-state index contributed by atoms with van der Waals surface area (Å²) >= 11 is 0. The number of hydrogen-bond acceptors (Lipinski definition) is 3. The summed E-state index contributed by atoms with van der Waals surface area (Å²) in [5.74, 6) is 0.783. The quantitative estimate of drug-likeness (QED) is 0.744. The summed E-state index contributed by atoms with van der Waals surface area (Å²) < 4.78 is 5.79. The molecule has 0 radical (unpaired) electrons. The lowest BCUT2D eigenvalue weighted by Gasteiger charge is -2.23. The van der Waals surface area contributed by atoms with Crippen LogP contribution in [0.25, 0.3) is 0 Å². The SMILES string of the molecule is CCC1CN(CCCC(C)CCN)CCCO1. The first-order chi connectivity index (χ1) is 8.26. The van der Waals surface area contributed by atoms with Crippen LogP contribution >= 0.6 is 0 Å². The monoisotopic (exact) mass is 242 g/mol. The van der Waals surface area contributed by atoms with E-state index in [1.54, 1.807) is 0 Å². The third kappa shape index (κ3) is 6.39. The molecule has 1 heterocycles. The van der Waals surface area contributed by atoms with E-state index in [1.807, 2.05) is 0 Å². The Bertz CT molecular complexity index is 187. The Hall–Kier alpha value is -0.120. The van der Waals surface area contributed by atoms with Gasteiger partial charge in [0, 0.05) is 19.7 Å². The molecule has 0 bridgehead atoms. The van der Waals surface area contributed by atoms with E-state index in [9.17, 15) is 0 Å². The molecule has 2 N–H and O–H groups in total. The Labute approximate surface area is 107 Å². The zero-order valence-electron chi connectivity index (χ0n) is 11.7. The molecule has 3 nitrogen and oxygen atoms in total. The van der Waals surface area contributed by atoms with Gasteiger partial charge in [-0.05, 0) is 51.1 Å². The molecule has 1 aliphatic heterocycles. The minimum absolute atomic E-state index is 0.457. The molecule has 0 saturated carbocycles. The average Bonchev–Trinajstić information content (AvgIpc) is 2.54. The highest BCUT2D eigenvalue weighted by Gasteiger charge is 2.16. The molecule has 0 aromatic heterocycles. The first-order valence-electron chi connectivity index (χ1n) is 7.30. The van der Waals surface area contributed by atoms with Crippen molar-refractivity contribution in [2.45, 2.75) is 52.1 Å². The van der Waals surface area contributed by atoms with Gasteiger partial charge < -0.3 is 15.4 Å². The summed E-state index contributed by atoms with van der Waals surface area (Å²) in [4.78, 5) is 2.58. The molecule has 1 fully saturated rings. The van der Waals surface area contributed by atoms with Crippen LogP contribution < -0.4 is 5.73 Å². The van der Waals surface area contributed by atoms with Gasteiger partial charge in [0.25, 0.3) is 0 Å². The second kappa shape index (κ2) is 8.90. The first-order valence-corrected chi connectivity index (χ1v) is 7.30. The molecule has 17 heavy (non-hydrogen) atoms. The van der Waals surface area contributed by atoms with Crippen molar-refractivity contribution in [3.63, 3.8) is 0 Å². The third-order valence-electron chi connectivity index (χ3n) is 3.72. The zero-order valence-corrected chi connectivity index (χ0v) is 11.7. The minimum Gasteiger partial charge on any atom is -0.377 e. The van der Waals surface area contributed by atoms with Gasteiger partial charge in [-0.15, -0.1) is 0 Å². The third-order valence-corrected chi connectivity index (χ3v) is 3.72. The molecular weight excluding hydrogens is 212 g/mol. The van der Waals surface area contributed by atoms with Crippen molar-refractivity contribution in [1.82, 2.24) is 4.90 Å². The summed E-state index contributed by atoms with van der Waals surface area (Å²) in [5.41, 5.74) is 5.57. The highest BCUT2D eigenvalue weighted by atomic mass is 16.5. The van der Waals surface area contributed by atoms with Crippen LogP contribution in [-0.2, 0) is 4.74 Å². The zero-order chi connectivity index (χ0) is 12.5. The number of rotatable bonds is 7. The molecular formula is C14H30N2O. The highest BCUT2D eigenvalue weighted by molar-refractivity contribution is 4.69. The van der Waals surface area contributed by atoms with Crippen LogP contribution in [0.3, 0.4) is 0 Å². The summed E-state index contributed by atoms with van der Waals surface area (Å²) in [6.45, 7) is 9.87. The molecule has 1 rings (SSSR count). The van der Waals surface area contributed by atoms with E-state index in [0.29, 0.717) is 6.10 Å². The molecule has 0 amide bonds. The first kappa shape index (κ1) is 14.9. The number of nitrogens with two attached hydrogens (primary N) is 1. The maximum absolute atomic E-state index is 5.79. The van der Waals surface area contributed by atoms with E-state index in [1.165, 1.54) is 38.8 Å².